The summed E-state index contributed by atoms with van der Waals surface area (Å²) in [6.07, 6.45) is 0. The van der Waals surface area contributed by atoms with Gasteiger partial charge in [0.15, 0.2) is 0 Å². The number of rotatable bonds is 2. The lowest BCUT2D eigenvalue weighted by molar-refractivity contribution is 0.0994. The number of halogens is 1. The van der Waals surface area contributed by atoms with Crippen LogP contribution >= 0.6 is 0 Å². The van der Waals surface area contributed by atoms with Gasteiger partial charge in [0.2, 0.25) is 0 Å². The van der Waals surface area contributed by atoms with Crippen molar-refractivity contribution in [3.63, 3.8) is 0 Å². The molecule has 4 nitrogen and oxygen atoms in total. The van der Waals surface area contributed by atoms with Gasteiger partial charge < -0.3 is 15.7 Å². The summed E-state index contributed by atoms with van der Waals surface area (Å²) < 4.78 is 12.9. The Morgan fingerprint density at radius 2 is 1.84 bits per heavy atom. The smallest absolute Gasteiger partial charge is 0.260 e. The average molecular weight is 260 g/mol. The lowest BCUT2D eigenvalue weighted by Gasteiger charge is -2.18. The van der Waals surface area contributed by atoms with Gasteiger partial charge in [-0.3, -0.25) is 4.79 Å². The maximum Gasteiger partial charge on any atom is 0.260 e. The molecule has 0 saturated carbocycles. The summed E-state index contributed by atoms with van der Waals surface area (Å²) >= 11 is 0. The third kappa shape index (κ3) is 2.65. The molecule has 19 heavy (non-hydrogen) atoms. The molecule has 5 heteroatoms. The molecule has 0 fully saturated rings. The molecular formula is C14H13FN2O2. The third-order valence-corrected chi connectivity index (χ3v) is 2.79. The molecule has 2 rings (SSSR count). The van der Waals surface area contributed by atoms with Crippen LogP contribution in [0.5, 0.6) is 5.75 Å². The molecule has 0 unspecified atom stereocenters. The van der Waals surface area contributed by atoms with E-state index in [0.29, 0.717) is 5.69 Å². The molecular weight excluding hydrogens is 247 g/mol. The van der Waals surface area contributed by atoms with E-state index >= 15 is 0 Å². The Balaban J connectivity index is 2.30. The molecule has 0 heterocycles. The minimum Gasteiger partial charge on any atom is -0.508 e. The topological polar surface area (TPSA) is 66.6 Å². The number of hydrogen-bond donors (Lipinski definition) is 2. The quantitative estimate of drug-likeness (QED) is 0.815. The van der Waals surface area contributed by atoms with Gasteiger partial charge in [-0.2, -0.15) is 0 Å². The third-order valence-electron chi connectivity index (χ3n) is 2.79. The molecule has 0 saturated heterocycles. The fourth-order valence-electron chi connectivity index (χ4n) is 1.70. The van der Waals surface area contributed by atoms with Gasteiger partial charge in [0, 0.05) is 18.4 Å². The summed E-state index contributed by atoms with van der Waals surface area (Å²) in [6.45, 7) is 0. The zero-order valence-electron chi connectivity index (χ0n) is 10.3. The Labute approximate surface area is 109 Å². The van der Waals surface area contributed by atoms with Crippen molar-refractivity contribution < 1.29 is 14.3 Å². The number of benzene rings is 2. The number of carbonyl (C=O) groups is 1. The minimum absolute atomic E-state index is 0.0932. The normalized spacial score (nSPS) is 10.2. The van der Waals surface area contributed by atoms with E-state index in [9.17, 15) is 14.3 Å². The summed E-state index contributed by atoms with van der Waals surface area (Å²) in [5.74, 6) is -0.713. The van der Waals surface area contributed by atoms with E-state index in [2.05, 4.69) is 0 Å². The van der Waals surface area contributed by atoms with Gasteiger partial charge in [-0.25, -0.2) is 4.39 Å². The monoisotopic (exact) mass is 260 g/mol. The van der Waals surface area contributed by atoms with Crippen LogP contribution in [0, 0.1) is 5.82 Å². The first-order valence-electron chi connectivity index (χ1n) is 5.61. The van der Waals surface area contributed by atoms with Gasteiger partial charge in [0.05, 0.1) is 5.56 Å². The van der Waals surface area contributed by atoms with Crippen LogP contribution in [-0.4, -0.2) is 18.1 Å². The first-order chi connectivity index (χ1) is 8.99. The van der Waals surface area contributed by atoms with Crippen LogP contribution in [0.25, 0.3) is 0 Å². The number of nitrogens with zero attached hydrogens (tertiary/aromatic N) is 1. The van der Waals surface area contributed by atoms with E-state index in [1.165, 1.54) is 29.2 Å². The van der Waals surface area contributed by atoms with Crippen molar-refractivity contribution in [2.45, 2.75) is 0 Å². The number of phenols is 1. The lowest BCUT2D eigenvalue weighted by Crippen LogP contribution is -2.27. The second-order valence-electron chi connectivity index (χ2n) is 4.11. The Morgan fingerprint density at radius 3 is 2.42 bits per heavy atom. The van der Waals surface area contributed by atoms with Gasteiger partial charge in [-0.1, -0.05) is 0 Å². The highest BCUT2D eigenvalue weighted by molar-refractivity contribution is 6.08. The van der Waals surface area contributed by atoms with Crippen LogP contribution in [0.15, 0.2) is 42.5 Å². The fraction of sp³-hybridized carbons (Fsp3) is 0.0714. The first kappa shape index (κ1) is 12.9. The van der Waals surface area contributed by atoms with E-state index < -0.39 is 5.82 Å². The first-order valence-corrected chi connectivity index (χ1v) is 5.61. The minimum atomic E-state index is -0.485. The summed E-state index contributed by atoms with van der Waals surface area (Å²) in [4.78, 5) is 13.6. The number of nitrogens with two attached hydrogens (primary N) is 1. The average Bonchev–Trinajstić information content (AvgIpc) is 2.38. The van der Waals surface area contributed by atoms with Gasteiger partial charge in [-0.05, 0) is 42.5 Å². The molecule has 3 N–H and O–H groups in total. The van der Waals surface area contributed by atoms with Gasteiger partial charge >= 0.3 is 0 Å². The van der Waals surface area contributed by atoms with Crippen molar-refractivity contribution in [3.05, 3.63) is 53.8 Å². The van der Waals surface area contributed by atoms with Crippen molar-refractivity contribution in [3.8, 4) is 5.75 Å². The Bertz CT molecular complexity index is 611. The highest BCUT2D eigenvalue weighted by atomic mass is 19.1. The molecule has 0 aliphatic rings. The maximum absolute atomic E-state index is 12.9. The van der Waals surface area contributed by atoms with Gasteiger partial charge in [-0.15, -0.1) is 0 Å². The molecule has 0 bridgehead atoms. The van der Waals surface area contributed by atoms with Crippen LogP contribution in [0.3, 0.4) is 0 Å². The lowest BCUT2D eigenvalue weighted by atomic mass is 10.1. The Kier molecular flexibility index (Phi) is 3.37. The van der Waals surface area contributed by atoms with Crippen LogP contribution in [0.4, 0.5) is 15.8 Å². The number of anilines is 2. The highest BCUT2D eigenvalue weighted by Crippen LogP contribution is 2.21. The second kappa shape index (κ2) is 4.97. The summed E-state index contributed by atoms with van der Waals surface area (Å²) in [7, 11) is 1.58. The Hall–Kier alpha value is -2.56. The molecule has 0 aromatic heterocycles. The molecule has 2 aromatic rings. The summed E-state index contributed by atoms with van der Waals surface area (Å²) in [6, 6.07) is 9.82. The van der Waals surface area contributed by atoms with Gasteiger partial charge in [0.1, 0.15) is 11.6 Å². The van der Waals surface area contributed by atoms with E-state index in [4.69, 9.17) is 5.73 Å². The zero-order valence-corrected chi connectivity index (χ0v) is 10.3. The molecule has 0 aliphatic carbocycles. The zero-order chi connectivity index (χ0) is 14.0. The van der Waals surface area contributed by atoms with Gasteiger partial charge in [0.25, 0.3) is 5.91 Å². The molecule has 0 aliphatic heterocycles. The number of phenolic OH excluding ortho intramolecular Hbond substituents is 1. The van der Waals surface area contributed by atoms with Crippen molar-refractivity contribution in [1.82, 2.24) is 0 Å². The van der Waals surface area contributed by atoms with Crippen LogP contribution in [0.1, 0.15) is 10.4 Å². The van der Waals surface area contributed by atoms with Crippen LogP contribution < -0.4 is 10.6 Å². The number of nitrogen functional groups attached to an aromatic ring is 1. The maximum atomic E-state index is 12.9. The number of hydrogen-bond acceptors (Lipinski definition) is 3. The van der Waals surface area contributed by atoms with E-state index in [1.807, 2.05) is 0 Å². The predicted octanol–water partition coefficient (Wildman–Crippen LogP) is 2.39. The number of aromatic hydroxyl groups is 1. The molecule has 1 amide bonds. The standard InChI is InChI=1S/C14H13FN2O2/c1-17(10-3-5-11(18)6-4-10)14(19)12-7-2-9(15)8-13(12)16/h2-8,18H,16H2,1H3. The van der Waals surface area contributed by atoms with Crippen LogP contribution in [0.2, 0.25) is 0 Å². The predicted molar refractivity (Wildman–Crippen MR) is 71.7 cm³/mol. The molecule has 2 aromatic carbocycles. The molecule has 0 spiro atoms. The molecule has 98 valence electrons. The SMILES string of the molecule is CN(C(=O)c1ccc(F)cc1N)c1ccc(O)cc1. The summed E-state index contributed by atoms with van der Waals surface area (Å²) in [5, 5.41) is 9.20. The highest BCUT2D eigenvalue weighted by Gasteiger charge is 2.16. The van der Waals surface area contributed by atoms with Crippen molar-refractivity contribution in [1.29, 1.82) is 0 Å². The number of amides is 1. The van der Waals surface area contributed by atoms with E-state index in [0.717, 1.165) is 6.07 Å². The van der Waals surface area contributed by atoms with Crippen molar-refractivity contribution in [2.75, 3.05) is 17.7 Å². The number of carbonyl (C=O) groups excluding carboxylic acids is 1. The van der Waals surface area contributed by atoms with Crippen molar-refractivity contribution in [2.24, 2.45) is 0 Å². The van der Waals surface area contributed by atoms with Crippen LogP contribution in [-0.2, 0) is 0 Å². The van der Waals surface area contributed by atoms with E-state index in [1.54, 1.807) is 19.2 Å². The summed E-state index contributed by atoms with van der Waals surface area (Å²) in [5.41, 5.74) is 6.56. The fourth-order valence-corrected chi connectivity index (χ4v) is 1.70. The van der Waals surface area contributed by atoms with Crippen molar-refractivity contribution >= 4 is 17.3 Å². The Morgan fingerprint density at radius 1 is 1.21 bits per heavy atom. The largest absolute Gasteiger partial charge is 0.508 e. The molecule has 0 radical (unpaired) electrons. The molecule has 0 atom stereocenters. The van der Waals surface area contributed by atoms with E-state index in [-0.39, 0.29) is 22.9 Å². The second-order valence-corrected chi connectivity index (χ2v) is 4.11.